The highest BCUT2D eigenvalue weighted by molar-refractivity contribution is 5.47. The van der Waals surface area contributed by atoms with Crippen molar-refractivity contribution in [2.24, 2.45) is 0 Å². The third-order valence-corrected chi connectivity index (χ3v) is 3.73. The van der Waals surface area contributed by atoms with Crippen LogP contribution in [0.5, 0.6) is 0 Å². The molecule has 3 aromatic rings. The van der Waals surface area contributed by atoms with Crippen molar-refractivity contribution < 1.29 is 13.2 Å². The molecule has 0 radical (unpaired) electrons. The molecule has 0 aliphatic carbocycles. The topological polar surface area (TPSA) is 64.1 Å². The molecule has 0 unspecified atom stereocenters. The molecule has 10 heteroatoms. The van der Waals surface area contributed by atoms with E-state index in [1.54, 1.807) is 18.1 Å². The first-order chi connectivity index (χ1) is 11.4. The van der Waals surface area contributed by atoms with Crippen LogP contribution in [0.2, 0.25) is 0 Å². The number of nitrogens with zero attached hydrogens (tertiary/aromatic N) is 7. The fourth-order valence-electron chi connectivity index (χ4n) is 2.45. The van der Waals surface area contributed by atoms with Gasteiger partial charge >= 0.3 is 6.18 Å². The summed E-state index contributed by atoms with van der Waals surface area (Å²) in [5, 5.41) is 3.95. The molecule has 0 amide bonds. The Labute approximate surface area is 135 Å². The number of halogens is 3. The second-order valence-corrected chi connectivity index (χ2v) is 5.41. The number of hydrogen-bond donors (Lipinski definition) is 0. The van der Waals surface area contributed by atoms with Gasteiger partial charge in [-0.2, -0.15) is 27.8 Å². The number of imidazole rings is 1. The number of alkyl halides is 3. The number of fused-ring (bicyclic) bond motifs is 1. The SMILES string of the molecule is Cc1nccn1CCCN(C)c1cc(C(F)(F)F)nc2ncnn12. The van der Waals surface area contributed by atoms with Gasteiger partial charge in [-0.1, -0.05) is 0 Å². The molecule has 7 nitrogen and oxygen atoms in total. The quantitative estimate of drug-likeness (QED) is 0.713. The first-order valence-electron chi connectivity index (χ1n) is 7.33. The van der Waals surface area contributed by atoms with Gasteiger partial charge in [0.2, 0.25) is 0 Å². The Morgan fingerprint density at radius 2 is 2.04 bits per heavy atom. The van der Waals surface area contributed by atoms with Crippen molar-refractivity contribution >= 4 is 11.6 Å². The van der Waals surface area contributed by atoms with Crippen LogP contribution in [0.1, 0.15) is 17.9 Å². The van der Waals surface area contributed by atoms with Crippen LogP contribution in [-0.2, 0) is 12.7 Å². The van der Waals surface area contributed by atoms with Crippen LogP contribution in [0.4, 0.5) is 19.0 Å². The van der Waals surface area contributed by atoms with E-state index in [0.29, 0.717) is 12.4 Å². The fraction of sp³-hybridized carbons (Fsp3) is 0.429. The predicted octanol–water partition coefficient (Wildman–Crippen LogP) is 2.17. The molecule has 0 aliphatic rings. The summed E-state index contributed by atoms with van der Waals surface area (Å²) in [6, 6.07) is 0.990. The molecule has 0 atom stereocenters. The van der Waals surface area contributed by atoms with Gasteiger partial charge in [0.15, 0.2) is 5.69 Å². The van der Waals surface area contributed by atoms with Gasteiger partial charge in [-0.05, 0) is 13.3 Å². The zero-order valence-corrected chi connectivity index (χ0v) is 13.2. The highest BCUT2D eigenvalue weighted by atomic mass is 19.4. The highest BCUT2D eigenvalue weighted by Gasteiger charge is 2.34. The summed E-state index contributed by atoms with van der Waals surface area (Å²) >= 11 is 0. The van der Waals surface area contributed by atoms with E-state index >= 15 is 0 Å². The molecule has 0 aromatic carbocycles. The van der Waals surface area contributed by atoms with Gasteiger partial charge in [-0.15, -0.1) is 0 Å². The molecule has 3 rings (SSSR count). The van der Waals surface area contributed by atoms with Gasteiger partial charge in [0, 0.05) is 38.6 Å². The number of hydrogen-bond acceptors (Lipinski definition) is 5. The van der Waals surface area contributed by atoms with Crippen LogP contribution in [-0.4, -0.2) is 42.7 Å². The van der Waals surface area contributed by atoms with E-state index in [4.69, 9.17) is 0 Å². The lowest BCUT2D eigenvalue weighted by Crippen LogP contribution is -2.24. The average Bonchev–Trinajstić information content (AvgIpc) is 3.14. The summed E-state index contributed by atoms with van der Waals surface area (Å²) in [5.74, 6) is 1.13. The van der Waals surface area contributed by atoms with Crippen molar-refractivity contribution in [2.75, 3.05) is 18.5 Å². The summed E-state index contributed by atoms with van der Waals surface area (Å²) in [6.07, 6.45) is 0.995. The standard InChI is InChI=1S/C14H16F3N7/c1-10-18-4-7-23(10)6-3-5-22(2)12-8-11(14(15,16)17)21-13-19-9-20-24(12)13/h4,7-9H,3,5-6H2,1-2H3. The fourth-order valence-corrected chi connectivity index (χ4v) is 2.45. The van der Waals surface area contributed by atoms with Gasteiger partial charge in [0.25, 0.3) is 5.78 Å². The largest absolute Gasteiger partial charge is 0.433 e. The monoisotopic (exact) mass is 339 g/mol. The maximum atomic E-state index is 13.0. The average molecular weight is 339 g/mol. The minimum absolute atomic E-state index is 0.0721. The van der Waals surface area contributed by atoms with Crippen molar-refractivity contribution in [2.45, 2.75) is 26.1 Å². The number of aromatic nitrogens is 6. The molecule has 0 fully saturated rings. The van der Waals surface area contributed by atoms with Crippen LogP contribution >= 0.6 is 0 Å². The van der Waals surface area contributed by atoms with Crippen LogP contribution in [0, 0.1) is 6.92 Å². The molecule has 0 N–H and O–H groups in total. The Morgan fingerprint density at radius 3 is 2.71 bits per heavy atom. The van der Waals surface area contributed by atoms with Crippen LogP contribution < -0.4 is 4.90 Å². The number of anilines is 1. The van der Waals surface area contributed by atoms with Crippen molar-refractivity contribution in [1.82, 2.24) is 29.1 Å². The first-order valence-corrected chi connectivity index (χ1v) is 7.33. The predicted molar refractivity (Wildman–Crippen MR) is 80.6 cm³/mol. The molecule has 0 aliphatic heterocycles. The number of aryl methyl sites for hydroxylation is 2. The summed E-state index contributed by atoms with van der Waals surface area (Å²) in [7, 11) is 1.72. The molecule has 3 heterocycles. The number of rotatable bonds is 5. The van der Waals surface area contributed by atoms with Gasteiger partial charge in [0.05, 0.1) is 0 Å². The smallest absolute Gasteiger partial charge is 0.359 e. The van der Waals surface area contributed by atoms with Crippen molar-refractivity contribution in [1.29, 1.82) is 0 Å². The summed E-state index contributed by atoms with van der Waals surface area (Å²) in [4.78, 5) is 13.1. The van der Waals surface area contributed by atoms with Crippen LogP contribution in [0.15, 0.2) is 24.8 Å². The Balaban J connectivity index is 1.79. The molecule has 3 aromatic heterocycles. The van der Waals surface area contributed by atoms with Gasteiger partial charge in [-0.25, -0.2) is 9.97 Å². The van der Waals surface area contributed by atoms with Gasteiger partial charge in [-0.3, -0.25) is 0 Å². The molecule has 128 valence electrons. The van der Waals surface area contributed by atoms with Crippen LogP contribution in [0.3, 0.4) is 0 Å². The highest BCUT2D eigenvalue weighted by Crippen LogP contribution is 2.30. The van der Waals surface area contributed by atoms with E-state index in [1.165, 1.54) is 10.8 Å². The third-order valence-electron chi connectivity index (χ3n) is 3.73. The second kappa shape index (κ2) is 6.10. The van der Waals surface area contributed by atoms with Crippen LogP contribution in [0.25, 0.3) is 5.78 Å². The van der Waals surface area contributed by atoms with Crippen molar-refractivity contribution in [3.8, 4) is 0 Å². The maximum absolute atomic E-state index is 13.0. The molecule has 0 spiro atoms. The molecule has 0 saturated heterocycles. The Kier molecular flexibility index (Phi) is 4.12. The van der Waals surface area contributed by atoms with E-state index in [2.05, 4.69) is 20.1 Å². The summed E-state index contributed by atoms with van der Waals surface area (Å²) in [5.41, 5.74) is -0.977. The molecular formula is C14H16F3N7. The zero-order chi connectivity index (χ0) is 17.3. The summed E-state index contributed by atoms with van der Waals surface area (Å²) < 4.78 is 42.3. The van der Waals surface area contributed by atoms with E-state index in [-0.39, 0.29) is 5.78 Å². The minimum Gasteiger partial charge on any atom is -0.359 e. The van der Waals surface area contributed by atoms with Gasteiger partial charge in [0.1, 0.15) is 18.0 Å². The van der Waals surface area contributed by atoms with E-state index in [9.17, 15) is 13.2 Å². The Morgan fingerprint density at radius 1 is 1.25 bits per heavy atom. The molecule has 24 heavy (non-hydrogen) atoms. The Bertz CT molecular complexity index is 836. The maximum Gasteiger partial charge on any atom is 0.433 e. The summed E-state index contributed by atoms with van der Waals surface area (Å²) in [6.45, 7) is 3.18. The normalized spacial score (nSPS) is 12.0. The minimum atomic E-state index is -4.53. The van der Waals surface area contributed by atoms with E-state index in [0.717, 1.165) is 24.9 Å². The molecule has 0 bridgehead atoms. The van der Waals surface area contributed by atoms with E-state index < -0.39 is 11.9 Å². The van der Waals surface area contributed by atoms with Crippen molar-refractivity contribution in [3.05, 3.63) is 36.3 Å². The molecule has 0 saturated carbocycles. The first kappa shape index (κ1) is 16.2. The lowest BCUT2D eigenvalue weighted by molar-refractivity contribution is -0.141. The molecular weight excluding hydrogens is 323 g/mol. The lowest BCUT2D eigenvalue weighted by Gasteiger charge is -2.21. The van der Waals surface area contributed by atoms with Crippen molar-refractivity contribution in [3.63, 3.8) is 0 Å². The lowest BCUT2D eigenvalue weighted by atomic mass is 10.3. The Hall–Kier alpha value is -2.65. The van der Waals surface area contributed by atoms with E-state index in [1.807, 2.05) is 17.7 Å². The third kappa shape index (κ3) is 3.17. The second-order valence-electron chi connectivity index (χ2n) is 5.41. The van der Waals surface area contributed by atoms with Gasteiger partial charge < -0.3 is 9.47 Å². The zero-order valence-electron chi connectivity index (χ0n) is 13.2.